The molecule has 0 fully saturated rings. The van der Waals surface area contributed by atoms with Gasteiger partial charge in [0, 0.05) is 58.0 Å². The number of nitrogens with zero attached hydrogens (tertiary/aromatic N) is 6. The molecule has 0 radical (unpaired) electrons. The molecule has 7 aromatic rings. The van der Waals surface area contributed by atoms with E-state index in [1.807, 2.05) is 97.1 Å². The van der Waals surface area contributed by atoms with Gasteiger partial charge in [-0.15, -0.1) is 0 Å². The molecule has 45 heavy (non-hydrogen) atoms. The monoisotopic (exact) mass is 606 g/mol. The summed E-state index contributed by atoms with van der Waals surface area (Å²) in [5, 5.41) is 3.82. The minimum atomic E-state index is -0.568. The van der Waals surface area contributed by atoms with Gasteiger partial charge in [0.1, 0.15) is 22.6 Å². The number of benzene rings is 4. The zero-order valence-electron chi connectivity index (χ0n) is 24.4. The number of aromatic amines is 2. The van der Waals surface area contributed by atoms with Crippen molar-refractivity contribution in [2.24, 2.45) is 0 Å². The van der Waals surface area contributed by atoms with Crippen molar-refractivity contribution < 1.29 is 8.85 Å². The van der Waals surface area contributed by atoms with E-state index in [0.29, 0.717) is 45.9 Å². The van der Waals surface area contributed by atoms with E-state index < -0.39 is 10.0 Å². The Morgan fingerprint density at radius 2 is 0.667 bits per heavy atom. The second-order valence-electron chi connectivity index (χ2n) is 10.5. The molecule has 2 aliphatic rings. The number of rotatable bonds is 2. The van der Waals surface area contributed by atoms with Gasteiger partial charge in [-0.2, -0.15) is 0 Å². The van der Waals surface area contributed by atoms with Crippen molar-refractivity contribution in [3.05, 3.63) is 97.1 Å². The van der Waals surface area contributed by atoms with Crippen LogP contribution in [-0.4, -0.2) is 64.1 Å². The number of aromatic nitrogens is 8. The van der Waals surface area contributed by atoms with E-state index in [2.05, 4.69) is 18.8 Å². The van der Waals surface area contributed by atoms with Gasteiger partial charge in [0.05, 0.1) is 0 Å². The van der Waals surface area contributed by atoms with Gasteiger partial charge in [0.25, 0.3) is 0 Å². The van der Waals surface area contributed by atoms with Crippen molar-refractivity contribution in [1.82, 2.24) is 39.9 Å². The van der Waals surface area contributed by atoms with Crippen molar-refractivity contribution in [2.45, 2.75) is 0 Å². The van der Waals surface area contributed by atoms with Gasteiger partial charge in [-0.05, 0) is 0 Å². The van der Waals surface area contributed by atoms with Gasteiger partial charge in [-0.1, -0.05) is 97.1 Å². The molecule has 9 rings (SSSR count). The normalized spacial score (nSPS) is 11.6. The molecule has 0 atom stereocenters. The van der Waals surface area contributed by atoms with E-state index in [-0.39, 0.29) is 0 Å². The minimum absolute atomic E-state index is 0.568. The third kappa shape index (κ3) is 4.66. The number of nitrogens with one attached hydrogen (secondary N) is 2. The first-order valence-corrected chi connectivity index (χ1v) is 15.5. The van der Waals surface area contributed by atoms with Crippen molar-refractivity contribution in [2.75, 3.05) is 14.2 Å². The second-order valence-corrected chi connectivity index (χ2v) is 11.9. The van der Waals surface area contributed by atoms with Gasteiger partial charge in [0.2, 0.25) is 0 Å². The Kier molecular flexibility index (Phi) is 6.67. The summed E-state index contributed by atoms with van der Waals surface area (Å²) in [5.41, 5.74) is 6.45. The maximum Gasteiger partial charge on any atom is 0.303 e. The molecule has 0 saturated carbocycles. The van der Waals surface area contributed by atoms with Crippen LogP contribution >= 0.6 is 0 Å². The van der Waals surface area contributed by atoms with Crippen molar-refractivity contribution >= 4 is 54.1 Å². The molecule has 3 aromatic heterocycles. The lowest BCUT2D eigenvalue weighted by Crippen LogP contribution is -1.93. The minimum Gasteiger partial charge on any atom is -0.402 e. The lowest BCUT2D eigenvalue weighted by Gasteiger charge is -1.96. The van der Waals surface area contributed by atoms with Crippen LogP contribution in [0, 0.1) is 0 Å². The molecule has 2 aliphatic heterocycles. The molecule has 0 aliphatic carbocycles. The lowest BCUT2D eigenvalue weighted by molar-refractivity contribution is 0.309. The van der Waals surface area contributed by atoms with Crippen LogP contribution in [0.15, 0.2) is 97.1 Å². The predicted molar refractivity (Wildman–Crippen MR) is 179 cm³/mol. The van der Waals surface area contributed by atoms with E-state index in [1.165, 1.54) is 0 Å². The van der Waals surface area contributed by atoms with Crippen LogP contribution in [0.2, 0.25) is 0 Å². The summed E-state index contributed by atoms with van der Waals surface area (Å²) < 4.78 is 9.22. The standard InChI is InChI=1S/C32H18N8.C2H8O2Si/c1-2-10-18-17(9-1)25-33-26(18)38-28-21-13-5-6-14-22(21)30(35-28)40-32-24-16-8-7-15-23(24)31(36-32)39-29-20-12-4-3-11-19(20)27(34-29)37-25;1-3-5-4-2/h1-16H,(H2,33,34,35,36,37,38,39,40);5H2,1-2H3. The zero-order valence-corrected chi connectivity index (χ0v) is 25.9. The summed E-state index contributed by atoms with van der Waals surface area (Å²) in [7, 11) is 2.73. The highest BCUT2D eigenvalue weighted by Gasteiger charge is 2.21. The van der Waals surface area contributed by atoms with E-state index in [0.717, 1.165) is 43.8 Å². The summed E-state index contributed by atoms with van der Waals surface area (Å²) in [6, 6.07) is 32.2. The molecule has 8 bridgehead atoms. The quantitative estimate of drug-likeness (QED) is 0.225. The van der Waals surface area contributed by atoms with E-state index in [4.69, 9.17) is 29.9 Å². The molecule has 10 nitrogen and oxygen atoms in total. The maximum absolute atomic E-state index is 5.02. The average Bonchev–Trinajstić information content (AvgIpc) is 3.81. The van der Waals surface area contributed by atoms with E-state index >= 15 is 0 Å². The number of hydrogen-bond donors (Lipinski definition) is 2. The molecule has 4 aromatic carbocycles. The van der Waals surface area contributed by atoms with Crippen LogP contribution in [0.3, 0.4) is 0 Å². The topological polar surface area (TPSA) is 127 Å². The Hall–Kier alpha value is -5.62. The van der Waals surface area contributed by atoms with Gasteiger partial charge in [-0.25, -0.2) is 29.9 Å². The largest absolute Gasteiger partial charge is 0.402 e. The summed E-state index contributed by atoms with van der Waals surface area (Å²) in [5.74, 6) is 2.39. The highest BCUT2D eigenvalue weighted by Crippen LogP contribution is 2.36. The molecule has 0 saturated heterocycles. The zero-order chi connectivity index (χ0) is 30.3. The molecular weight excluding hydrogens is 581 g/mol. The fourth-order valence-corrected chi connectivity index (χ4v) is 5.94. The number of fused-ring (bicyclic) bond motifs is 20. The Labute approximate surface area is 259 Å². The highest BCUT2D eigenvalue weighted by molar-refractivity contribution is 6.17. The Morgan fingerprint density at radius 3 is 0.911 bits per heavy atom. The lowest BCUT2D eigenvalue weighted by atomic mass is 10.1. The molecule has 0 unspecified atom stereocenters. The van der Waals surface area contributed by atoms with Gasteiger partial charge in [0.15, 0.2) is 23.3 Å². The van der Waals surface area contributed by atoms with Crippen LogP contribution in [0.4, 0.5) is 0 Å². The Morgan fingerprint density at radius 1 is 0.400 bits per heavy atom. The fraction of sp³-hybridized carbons (Fsp3) is 0.0588. The fourth-order valence-electron chi connectivity index (χ4n) is 5.71. The van der Waals surface area contributed by atoms with E-state index in [9.17, 15) is 0 Å². The maximum atomic E-state index is 5.02. The first-order valence-electron chi connectivity index (χ1n) is 14.4. The average molecular weight is 607 g/mol. The third-order valence-corrected chi connectivity index (χ3v) is 8.17. The van der Waals surface area contributed by atoms with Crippen molar-refractivity contribution in [3.63, 3.8) is 0 Å². The van der Waals surface area contributed by atoms with Gasteiger partial charge in [-0.3, -0.25) is 0 Å². The van der Waals surface area contributed by atoms with Gasteiger partial charge < -0.3 is 18.8 Å². The van der Waals surface area contributed by atoms with Crippen LogP contribution in [0.25, 0.3) is 89.7 Å². The number of H-pyrrole nitrogens is 2. The summed E-state index contributed by atoms with van der Waals surface area (Å²) >= 11 is 0. The summed E-state index contributed by atoms with van der Waals surface area (Å²) in [6.45, 7) is 0. The van der Waals surface area contributed by atoms with E-state index in [1.54, 1.807) is 14.2 Å². The Balaban J connectivity index is 0.000000560. The molecule has 2 N–H and O–H groups in total. The number of hydrogen-bond acceptors (Lipinski definition) is 8. The van der Waals surface area contributed by atoms with Crippen LogP contribution in [-0.2, 0) is 8.85 Å². The predicted octanol–water partition coefficient (Wildman–Crippen LogP) is 6.15. The SMILES string of the molecule is CO[SiH2]OC.c1ccc2c(c1)-c1nc-2nc2[nH]c(nc3nc(nc4[nH]c(n1)c1ccccc41)-c1ccccc1-3)c1ccccc21. The first kappa shape index (κ1) is 27.0. The first-order chi connectivity index (χ1) is 22.2. The molecule has 218 valence electrons. The van der Waals surface area contributed by atoms with Gasteiger partial charge >= 0.3 is 10.0 Å². The van der Waals surface area contributed by atoms with Crippen LogP contribution < -0.4 is 0 Å². The third-order valence-electron chi connectivity index (χ3n) is 7.70. The summed E-state index contributed by atoms with van der Waals surface area (Å²) in [4.78, 5) is 36.8. The van der Waals surface area contributed by atoms with Crippen LogP contribution in [0.1, 0.15) is 0 Å². The molecular formula is C34H26N8O2Si. The smallest absolute Gasteiger partial charge is 0.303 e. The van der Waals surface area contributed by atoms with Crippen LogP contribution in [0.5, 0.6) is 0 Å². The Bertz CT molecular complexity index is 2100. The molecule has 0 spiro atoms. The molecule has 11 heteroatoms. The highest BCUT2D eigenvalue weighted by atomic mass is 28.3. The van der Waals surface area contributed by atoms with Crippen molar-refractivity contribution in [3.8, 4) is 45.6 Å². The van der Waals surface area contributed by atoms with Crippen molar-refractivity contribution in [1.29, 1.82) is 0 Å². The second kappa shape index (κ2) is 11.1. The molecule has 5 heterocycles. The molecule has 0 amide bonds. The summed E-state index contributed by atoms with van der Waals surface area (Å²) in [6.07, 6.45) is 0.